The van der Waals surface area contributed by atoms with Crippen LogP contribution in [0.1, 0.15) is 12.8 Å². The number of nitrogens with one attached hydrogen (secondary N) is 1. The van der Waals surface area contributed by atoms with Crippen LogP contribution in [0.25, 0.3) is 0 Å². The van der Waals surface area contributed by atoms with Crippen LogP contribution in [-0.4, -0.2) is 31.9 Å². The van der Waals surface area contributed by atoms with Gasteiger partial charge in [-0.25, -0.2) is 0 Å². The van der Waals surface area contributed by atoms with E-state index in [1.807, 2.05) is 12.1 Å². The Morgan fingerprint density at radius 1 is 1.39 bits per heavy atom. The summed E-state index contributed by atoms with van der Waals surface area (Å²) in [4.78, 5) is 0. The number of aliphatic hydroxyl groups excluding tert-OH is 1. The first kappa shape index (κ1) is 14.1. The highest BCUT2D eigenvalue weighted by Crippen LogP contribution is 2.20. The van der Waals surface area contributed by atoms with Crippen LogP contribution in [0.4, 0.5) is 0 Å². The quantitative estimate of drug-likeness (QED) is 0.832. The van der Waals surface area contributed by atoms with Gasteiger partial charge in [0.1, 0.15) is 0 Å². The highest BCUT2D eigenvalue weighted by Gasteiger charge is 2.31. The average molecular weight is 284 g/mol. The van der Waals surface area contributed by atoms with Gasteiger partial charge >= 0.3 is 0 Å². The minimum absolute atomic E-state index is 0.218. The summed E-state index contributed by atoms with van der Waals surface area (Å²) in [6.45, 7) is 5.67. The van der Waals surface area contributed by atoms with E-state index in [1.165, 1.54) is 11.6 Å². The number of aliphatic hydroxyl groups is 1. The van der Waals surface area contributed by atoms with Crippen molar-refractivity contribution in [3.05, 3.63) is 29.3 Å². The molecule has 1 saturated heterocycles. The van der Waals surface area contributed by atoms with Crippen LogP contribution in [0.15, 0.2) is 24.3 Å². The predicted molar refractivity (Wildman–Crippen MR) is 80.4 cm³/mol. The lowest BCUT2D eigenvalue weighted by atomic mass is 10.1. The van der Waals surface area contributed by atoms with E-state index in [0.717, 1.165) is 24.0 Å². The predicted octanol–water partition coefficient (Wildman–Crippen LogP) is 2.37. The Hall–Kier alpha value is -0.353. The minimum atomic E-state index is -1.58. The molecule has 1 aliphatic heterocycles. The summed E-state index contributed by atoms with van der Waals surface area (Å²) in [5, 5.41) is 15.9. The molecule has 0 aromatic heterocycles. The third-order valence-electron chi connectivity index (χ3n) is 3.91. The fourth-order valence-corrected chi connectivity index (χ4v) is 5.48. The molecule has 0 bridgehead atoms. The molecule has 0 spiro atoms. The fraction of sp³-hybridized carbons (Fsp3) is 0.571. The lowest BCUT2D eigenvalue weighted by molar-refractivity contribution is 0.153. The van der Waals surface area contributed by atoms with Crippen molar-refractivity contribution in [3.8, 4) is 0 Å². The van der Waals surface area contributed by atoms with E-state index >= 15 is 0 Å². The second-order valence-electron chi connectivity index (χ2n) is 5.87. The van der Waals surface area contributed by atoms with Crippen LogP contribution in [0, 0.1) is 0 Å². The fourth-order valence-electron chi connectivity index (χ4n) is 2.72. The first-order valence-corrected chi connectivity index (χ1v) is 10.2. The molecular weight excluding hydrogens is 262 g/mol. The second kappa shape index (κ2) is 5.74. The first-order valence-electron chi connectivity index (χ1n) is 6.66. The van der Waals surface area contributed by atoms with Gasteiger partial charge in [-0.3, -0.25) is 0 Å². The topological polar surface area (TPSA) is 32.3 Å². The summed E-state index contributed by atoms with van der Waals surface area (Å²) < 4.78 is 0. The minimum Gasteiger partial charge on any atom is -0.392 e. The van der Waals surface area contributed by atoms with Crippen molar-refractivity contribution in [1.29, 1.82) is 0 Å². The van der Waals surface area contributed by atoms with E-state index in [2.05, 4.69) is 30.5 Å². The Morgan fingerprint density at radius 2 is 2.06 bits per heavy atom. The third-order valence-corrected chi connectivity index (χ3v) is 7.50. The van der Waals surface area contributed by atoms with Gasteiger partial charge in [-0.2, -0.15) is 0 Å². The van der Waals surface area contributed by atoms with Gasteiger partial charge in [0.25, 0.3) is 0 Å². The van der Waals surface area contributed by atoms with Crippen LogP contribution < -0.4 is 10.5 Å². The summed E-state index contributed by atoms with van der Waals surface area (Å²) in [5.41, 5.74) is 0. The molecule has 1 fully saturated rings. The average Bonchev–Trinajstić information content (AvgIpc) is 2.82. The molecule has 4 heteroatoms. The van der Waals surface area contributed by atoms with E-state index in [9.17, 15) is 5.11 Å². The Balaban J connectivity index is 2.03. The molecule has 100 valence electrons. The van der Waals surface area contributed by atoms with Crippen molar-refractivity contribution in [2.45, 2.75) is 44.1 Å². The Kier molecular flexibility index (Phi) is 4.48. The molecule has 2 N–H and O–H groups in total. The van der Waals surface area contributed by atoms with Gasteiger partial charge in [0.15, 0.2) is 0 Å². The molecular formula is C14H22ClNOSi. The maximum Gasteiger partial charge on any atom is 0.0832 e. The van der Waals surface area contributed by atoms with E-state index in [0.29, 0.717) is 6.04 Å². The lowest BCUT2D eigenvalue weighted by Gasteiger charge is -2.29. The van der Waals surface area contributed by atoms with Gasteiger partial charge in [0, 0.05) is 11.1 Å². The summed E-state index contributed by atoms with van der Waals surface area (Å²) in [6.07, 6.45) is 2.07. The highest BCUT2D eigenvalue weighted by molar-refractivity contribution is 6.89. The molecule has 2 rings (SSSR count). The van der Waals surface area contributed by atoms with Crippen molar-refractivity contribution in [2.24, 2.45) is 0 Å². The lowest BCUT2D eigenvalue weighted by Crippen LogP contribution is -2.48. The molecule has 2 nitrogen and oxygen atoms in total. The SMILES string of the molecule is C[Si](C)(C[C@@H](O)[C@@H]1CCCN1)c1ccc(Cl)cc1. The monoisotopic (exact) mass is 283 g/mol. The van der Waals surface area contributed by atoms with E-state index in [-0.39, 0.29) is 6.10 Å². The standard InChI is InChI=1S/C14H22ClNOSi/c1-18(2,12-7-5-11(15)6-8-12)10-14(17)13-4-3-9-16-13/h5-8,13-14,16-17H,3-4,9-10H2,1-2H3/t13-,14+/m0/s1. The molecule has 1 aliphatic rings. The smallest absolute Gasteiger partial charge is 0.0832 e. The number of hydrogen-bond donors (Lipinski definition) is 2. The molecule has 2 atom stereocenters. The molecule has 1 aromatic rings. The number of hydrogen-bond acceptors (Lipinski definition) is 2. The molecule has 18 heavy (non-hydrogen) atoms. The molecule has 1 heterocycles. The van der Waals surface area contributed by atoms with Gasteiger partial charge in [0.05, 0.1) is 14.2 Å². The van der Waals surface area contributed by atoms with Gasteiger partial charge in [-0.05, 0) is 37.6 Å². The van der Waals surface area contributed by atoms with Crippen molar-refractivity contribution in [3.63, 3.8) is 0 Å². The zero-order valence-electron chi connectivity index (χ0n) is 11.1. The largest absolute Gasteiger partial charge is 0.392 e. The Labute approximate surface area is 115 Å². The Bertz CT molecular complexity index is 387. The van der Waals surface area contributed by atoms with E-state index < -0.39 is 8.07 Å². The van der Waals surface area contributed by atoms with Crippen LogP contribution in [0.5, 0.6) is 0 Å². The maximum absolute atomic E-state index is 10.3. The third kappa shape index (κ3) is 3.35. The second-order valence-corrected chi connectivity index (χ2v) is 11.1. The Morgan fingerprint density at radius 3 is 2.61 bits per heavy atom. The molecule has 0 unspecified atom stereocenters. The van der Waals surface area contributed by atoms with Gasteiger partial charge in [0.2, 0.25) is 0 Å². The summed E-state index contributed by atoms with van der Waals surface area (Å²) >= 11 is 5.93. The van der Waals surface area contributed by atoms with Gasteiger partial charge in [-0.1, -0.05) is 42.0 Å². The summed E-state index contributed by atoms with van der Waals surface area (Å²) in [7, 11) is -1.58. The maximum atomic E-state index is 10.3. The number of rotatable bonds is 4. The normalized spacial score (nSPS) is 22.1. The molecule has 0 amide bonds. The molecule has 0 saturated carbocycles. The molecule has 1 aromatic carbocycles. The van der Waals surface area contributed by atoms with Crippen molar-refractivity contribution >= 4 is 24.9 Å². The van der Waals surface area contributed by atoms with Crippen molar-refractivity contribution in [2.75, 3.05) is 6.54 Å². The van der Waals surface area contributed by atoms with Gasteiger partial charge < -0.3 is 10.4 Å². The first-order chi connectivity index (χ1) is 8.49. The van der Waals surface area contributed by atoms with Crippen molar-refractivity contribution < 1.29 is 5.11 Å². The van der Waals surface area contributed by atoms with Gasteiger partial charge in [-0.15, -0.1) is 0 Å². The highest BCUT2D eigenvalue weighted by atomic mass is 35.5. The van der Waals surface area contributed by atoms with Crippen LogP contribution in [0.3, 0.4) is 0 Å². The number of benzene rings is 1. The zero-order valence-corrected chi connectivity index (χ0v) is 12.9. The zero-order chi connectivity index (χ0) is 13.2. The molecule has 0 aliphatic carbocycles. The molecule has 0 radical (unpaired) electrons. The van der Waals surface area contributed by atoms with E-state index in [1.54, 1.807) is 0 Å². The summed E-state index contributed by atoms with van der Waals surface area (Å²) in [5.74, 6) is 0. The van der Waals surface area contributed by atoms with E-state index in [4.69, 9.17) is 11.6 Å². The van der Waals surface area contributed by atoms with Crippen LogP contribution >= 0.6 is 11.6 Å². The van der Waals surface area contributed by atoms with Crippen LogP contribution in [-0.2, 0) is 0 Å². The summed E-state index contributed by atoms with van der Waals surface area (Å²) in [6, 6.07) is 9.33. The van der Waals surface area contributed by atoms with Crippen LogP contribution in [0.2, 0.25) is 24.2 Å². The van der Waals surface area contributed by atoms with Crippen molar-refractivity contribution in [1.82, 2.24) is 5.32 Å². The number of halogens is 1.